The standard InChI is InChI=1S/C28H33ClFN5O2.3ClH/c1-17(36)21-15-31-25-8-7-24(19-13-22(29)28(37)23(30)14-19)33-27(25)26(21)32-20-5-3-18(4-6-20)16-35-11-9-34(2)10-12-35;;;/h7-8,13-15,18,20,37H,3-6,9-12,16H2,1-2H3,(H,31,32);3*1H. The van der Waals surface area contributed by atoms with Crippen LogP contribution in [0.3, 0.4) is 0 Å². The van der Waals surface area contributed by atoms with Crippen LogP contribution in [0.25, 0.3) is 22.3 Å². The van der Waals surface area contributed by atoms with Gasteiger partial charge in [0.1, 0.15) is 5.52 Å². The molecule has 0 unspecified atom stereocenters. The molecule has 1 saturated heterocycles. The third-order valence-corrected chi connectivity index (χ3v) is 8.00. The summed E-state index contributed by atoms with van der Waals surface area (Å²) in [5.41, 5.74) is 3.29. The van der Waals surface area contributed by atoms with Gasteiger partial charge in [-0.05, 0) is 69.8 Å². The predicted molar refractivity (Wildman–Crippen MR) is 167 cm³/mol. The highest BCUT2D eigenvalue weighted by Crippen LogP contribution is 2.35. The summed E-state index contributed by atoms with van der Waals surface area (Å²) < 4.78 is 14.2. The van der Waals surface area contributed by atoms with Crippen molar-refractivity contribution in [2.24, 2.45) is 5.92 Å². The molecule has 1 aromatic carbocycles. The van der Waals surface area contributed by atoms with E-state index in [2.05, 4.69) is 27.1 Å². The quantitative estimate of drug-likeness (QED) is 0.300. The number of halogens is 5. The van der Waals surface area contributed by atoms with Crippen LogP contribution in [-0.2, 0) is 0 Å². The zero-order chi connectivity index (χ0) is 26.1. The molecule has 0 radical (unpaired) electrons. The van der Waals surface area contributed by atoms with Gasteiger partial charge in [0.25, 0.3) is 0 Å². The van der Waals surface area contributed by atoms with Crippen molar-refractivity contribution in [2.45, 2.75) is 38.6 Å². The Kier molecular flexibility index (Phi) is 12.7. The summed E-state index contributed by atoms with van der Waals surface area (Å²) in [6.07, 6.45) is 5.94. The minimum atomic E-state index is -0.813. The second-order valence-electron chi connectivity index (χ2n) is 10.4. The molecule has 2 N–H and O–H groups in total. The number of carbonyl (C=O) groups is 1. The van der Waals surface area contributed by atoms with Crippen LogP contribution in [0.4, 0.5) is 10.1 Å². The predicted octanol–water partition coefficient (Wildman–Crippen LogP) is 6.48. The number of rotatable bonds is 6. The summed E-state index contributed by atoms with van der Waals surface area (Å²) in [5, 5.41) is 13.3. The summed E-state index contributed by atoms with van der Waals surface area (Å²) in [4.78, 5) is 26.7. The number of pyridine rings is 2. The molecule has 1 aliphatic heterocycles. The van der Waals surface area contributed by atoms with Crippen molar-refractivity contribution in [3.63, 3.8) is 0 Å². The first-order valence-corrected chi connectivity index (χ1v) is 13.3. The third kappa shape index (κ3) is 7.66. The maximum Gasteiger partial charge on any atom is 0.170 e. The number of Topliss-reactive ketones (excluding diaryl/α,β-unsaturated/α-hetero) is 1. The molecular formula is C28H36Cl4FN5O2. The number of aromatic nitrogens is 2. The Morgan fingerprint density at radius 2 is 1.77 bits per heavy atom. The van der Waals surface area contributed by atoms with Gasteiger partial charge in [0.15, 0.2) is 17.3 Å². The Labute approximate surface area is 258 Å². The molecule has 40 heavy (non-hydrogen) atoms. The molecule has 2 aliphatic rings. The number of phenols is 1. The van der Waals surface area contributed by atoms with E-state index in [4.69, 9.17) is 16.6 Å². The SMILES string of the molecule is CC(=O)c1cnc2ccc(-c3cc(F)c(O)c(Cl)c3)nc2c1NC1CCC(CN2CCN(C)CC2)CC1.Cl.Cl.Cl. The highest BCUT2D eigenvalue weighted by molar-refractivity contribution is 6.32. The molecule has 12 heteroatoms. The van der Waals surface area contributed by atoms with Gasteiger partial charge in [0.05, 0.1) is 27.5 Å². The van der Waals surface area contributed by atoms with Crippen LogP contribution >= 0.6 is 48.8 Å². The highest BCUT2D eigenvalue weighted by atomic mass is 35.5. The van der Waals surface area contributed by atoms with E-state index in [0.717, 1.165) is 58.4 Å². The van der Waals surface area contributed by atoms with Crippen molar-refractivity contribution in [3.05, 3.63) is 46.9 Å². The van der Waals surface area contributed by atoms with Crippen LogP contribution in [0.5, 0.6) is 5.75 Å². The van der Waals surface area contributed by atoms with Gasteiger partial charge in [-0.2, -0.15) is 0 Å². The number of aromatic hydroxyl groups is 1. The Bertz CT molecular complexity index is 1290. The van der Waals surface area contributed by atoms with E-state index in [-0.39, 0.29) is 54.1 Å². The van der Waals surface area contributed by atoms with E-state index < -0.39 is 11.6 Å². The zero-order valence-electron chi connectivity index (χ0n) is 22.5. The van der Waals surface area contributed by atoms with Crippen LogP contribution in [0.2, 0.25) is 5.02 Å². The number of hydrogen-bond acceptors (Lipinski definition) is 7. The number of nitrogens with zero attached hydrogens (tertiary/aromatic N) is 4. The summed E-state index contributed by atoms with van der Waals surface area (Å²) in [6, 6.07) is 6.45. The van der Waals surface area contributed by atoms with Gasteiger partial charge in [0.2, 0.25) is 0 Å². The first-order chi connectivity index (χ1) is 17.8. The molecule has 0 spiro atoms. The van der Waals surface area contributed by atoms with E-state index in [0.29, 0.717) is 39.5 Å². The van der Waals surface area contributed by atoms with Crippen molar-refractivity contribution in [2.75, 3.05) is 45.1 Å². The Morgan fingerprint density at radius 3 is 2.40 bits per heavy atom. The van der Waals surface area contributed by atoms with Crippen molar-refractivity contribution in [1.29, 1.82) is 0 Å². The van der Waals surface area contributed by atoms with E-state index in [1.165, 1.54) is 19.1 Å². The Balaban J connectivity index is 0.00000187. The number of nitrogens with one attached hydrogen (secondary N) is 1. The second-order valence-corrected chi connectivity index (χ2v) is 10.8. The molecule has 7 nitrogen and oxygen atoms in total. The zero-order valence-corrected chi connectivity index (χ0v) is 25.7. The van der Waals surface area contributed by atoms with Crippen LogP contribution in [-0.4, -0.2) is 76.5 Å². The lowest BCUT2D eigenvalue weighted by Gasteiger charge is -2.37. The van der Waals surface area contributed by atoms with Gasteiger partial charge < -0.3 is 20.2 Å². The van der Waals surface area contributed by atoms with E-state index in [1.807, 2.05) is 0 Å². The van der Waals surface area contributed by atoms with Crippen molar-refractivity contribution >= 4 is 71.3 Å². The van der Waals surface area contributed by atoms with E-state index in [9.17, 15) is 14.3 Å². The fourth-order valence-electron chi connectivity index (χ4n) is 5.44. The molecule has 220 valence electrons. The lowest BCUT2D eigenvalue weighted by molar-refractivity contribution is 0.101. The Hall–Kier alpha value is -1.94. The molecule has 2 aromatic heterocycles. The topological polar surface area (TPSA) is 81.6 Å². The molecule has 0 amide bonds. The minimum Gasteiger partial charge on any atom is -0.504 e. The first kappa shape index (κ1) is 34.3. The fraction of sp³-hybridized carbons (Fsp3) is 0.464. The van der Waals surface area contributed by atoms with Crippen LogP contribution < -0.4 is 5.32 Å². The summed E-state index contributed by atoms with van der Waals surface area (Å²) in [5.74, 6) is -0.794. The van der Waals surface area contributed by atoms with Crippen molar-refractivity contribution < 1.29 is 14.3 Å². The van der Waals surface area contributed by atoms with Crippen LogP contribution in [0.1, 0.15) is 43.0 Å². The largest absolute Gasteiger partial charge is 0.504 e. The maximum atomic E-state index is 14.2. The number of piperazine rings is 1. The maximum absolute atomic E-state index is 14.2. The highest BCUT2D eigenvalue weighted by Gasteiger charge is 2.26. The molecule has 2 fully saturated rings. The lowest BCUT2D eigenvalue weighted by Crippen LogP contribution is -2.46. The molecule has 3 aromatic rings. The number of carbonyl (C=O) groups excluding carboxylic acids is 1. The number of hydrogen-bond donors (Lipinski definition) is 2. The number of phenolic OH excluding ortho intramolecular Hbond substituents is 1. The first-order valence-electron chi connectivity index (χ1n) is 12.9. The van der Waals surface area contributed by atoms with Gasteiger partial charge in [0, 0.05) is 50.5 Å². The Morgan fingerprint density at radius 1 is 1.10 bits per heavy atom. The lowest BCUT2D eigenvalue weighted by atomic mass is 9.85. The third-order valence-electron chi connectivity index (χ3n) is 7.71. The molecule has 0 atom stereocenters. The number of ketones is 1. The van der Waals surface area contributed by atoms with Crippen molar-refractivity contribution in [3.8, 4) is 17.0 Å². The summed E-state index contributed by atoms with van der Waals surface area (Å²) >= 11 is 6.00. The minimum absolute atomic E-state index is 0. The average molecular weight is 635 g/mol. The van der Waals surface area contributed by atoms with Gasteiger partial charge in [-0.3, -0.25) is 9.78 Å². The van der Waals surface area contributed by atoms with E-state index in [1.54, 1.807) is 18.3 Å². The van der Waals surface area contributed by atoms with Gasteiger partial charge in [-0.25, -0.2) is 9.37 Å². The second kappa shape index (κ2) is 14.8. The molecule has 0 bridgehead atoms. The van der Waals surface area contributed by atoms with Crippen LogP contribution in [0, 0.1) is 11.7 Å². The molecule has 1 saturated carbocycles. The van der Waals surface area contributed by atoms with Crippen molar-refractivity contribution in [1.82, 2.24) is 19.8 Å². The molecule has 3 heterocycles. The molecule has 1 aliphatic carbocycles. The average Bonchev–Trinajstić information content (AvgIpc) is 2.89. The van der Waals surface area contributed by atoms with Gasteiger partial charge >= 0.3 is 0 Å². The number of benzene rings is 1. The monoisotopic (exact) mass is 633 g/mol. The summed E-state index contributed by atoms with van der Waals surface area (Å²) in [7, 11) is 2.18. The number of fused-ring (bicyclic) bond motifs is 1. The normalized spacial score (nSPS) is 19.7. The number of likely N-dealkylation sites (N-methyl/N-ethyl adjacent to an activating group) is 1. The van der Waals surface area contributed by atoms with Gasteiger partial charge in [-0.1, -0.05) is 11.6 Å². The molecular weight excluding hydrogens is 599 g/mol. The van der Waals surface area contributed by atoms with E-state index >= 15 is 0 Å². The molecule has 5 rings (SSSR count). The van der Waals surface area contributed by atoms with Gasteiger partial charge in [-0.15, -0.1) is 37.2 Å². The van der Waals surface area contributed by atoms with Crippen LogP contribution in [0.15, 0.2) is 30.5 Å². The summed E-state index contributed by atoms with van der Waals surface area (Å²) in [6.45, 7) is 7.25. The fourth-order valence-corrected chi connectivity index (χ4v) is 5.65. The number of anilines is 1. The smallest absolute Gasteiger partial charge is 0.170 e.